The summed E-state index contributed by atoms with van der Waals surface area (Å²) in [5.74, 6) is 0.977. The maximum absolute atomic E-state index is 11.3. The third-order valence-corrected chi connectivity index (χ3v) is 2.73. The lowest BCUT2D eigenvalue weighted by Crippen LogP contribution is -2.53. The molecule has 0 saturated carbocycles. The van der Waals surface area contributed by atoms with Gasteiger partial charge >= 0.3 is 0 Å². The summed E-state index contributed by atoms with van der Waals surface area (Å²) < 4.78 is 5.61. The average Bonchev–Trinajstić information content (AvgIpc) is 2.29. The predicted molar refractivity (Wildman–Crippen MR) is 66.0 cm³/mol. The molecule has 2 rings (SSSR count). The molecule has 92 valence electrons. The number of hydrogen-bond acceptors (Lipinski definition) is 3. The molecule has 0 aliphatic carbocycles. The second kappa shape index (κ2) is 5.68. The van der Waals surface area contributed by atoms with Crippen molar-refractivity contribution in [1.82, 2.24) is 10.2 Å². The molecule has 0 radical (unpaired) electrons. The van der Waals surface area contributed by atoms with Crippen molar-refractivity contribution < 1.29 is 9.53 Å². The van der Waals surface area contributed by atoms with Crippen molar-refractivity contribution in [3.63, 3.8) is 0 Å². The van der Waals surface area contributed by atoms with E-state index in [1.54, 1.807) is 0 Å². The SMILES string of the molecule is CC1CN(CCOc2ccccc2)CC(=O)N1. The van der Waals surface area contributed by atoms with Crippen molar-refractivity contribution in [2.75, 3.05) is 26.2 Å². The third-order valence-electron chi connectivity index (χ3n) is 2.73. The van der Waals surface area contributed by atoms with E-state index >= 15 is 0 Å². The quantitative estimate of drug-likeness (QED) is 0.841. The number of rotatable bonds is 4. The molecule has 1 saturated heterocycles. The van der Waals surface area contributed by atoms with Gasteiger partial charge in [-0.05, 0) is 19.1 Å². The number of amides is 1. The van der Waals surface area contributed by atoms with E-state index in [0.717, 1.165) is 18.8 Å². The van der Waals surface area contributed by atoms with Gasteiger partial charge in [0.2, 0.25) is 5.91 Å². The Balaban J connectivity index is 1.73. The van der Waals surface area contributed by atoms with Crippen LogP contribution in [0.4, 0.5) is 0 Å². The van der Waals surface area contributed by atoms with Gasteiger partial charge in [0.1, 0.15) is 12.4 Å². The number of carbonyl (C=O) groups excluding carboxylic acids is 1. The highest BCUT2D eigenvalue weighted by Crippen LogP contribution is 2.08. The van der Waals surface area contributed by atoms with Gasteiger partial charge in [-0.25, -0.2) is 0 Å². The van der Waals surface area contributed by atoms with Crippen molar-refractivity contribution in [3.8, 4) is 5.75 Å². The Hall–Kier alpha value is -1.55. The fourth-order valence-corrected chi connectivity index (χ4v) is 2.00. The van der Waals surface area contributed by atoms with E-state index in [-0.39, 0.29) is 11.9 Å². The number of benzene rings is 1. The van der Waals surface area contributed by atoms with Crippen LogP contribution in [0.2, 0.25) is 0 Å². The van der Waals surface area contributed by atoms with Gasteiger partial charge in [-0.15, -0.1) is 0 Å². The van der Waals surface area contributed by atoms with E-state index in [4.69, 9.17) is 4.74 Å². The minimum Gasteiger partial charge on any atom is -0.492 e. The zero-order chi connectivity index (χ0) is 12.1. The van der Waals surface area contributed by atoms with Crippen molar-refractivity contribution in [1.29, 1.82) is 0 Å². The summed E-state index contributed by atoms with van der Waals surface area (Å²) in [5.41, 5.74) is 0. The molecule has 1 heterocycles. The molecule has 17 heavy (non-hydrogen) atoms. The number of nitrogens with one attached hydrogen (secondary N) is 1. The zero-order valence-electron chi connectivity index (χ0n) is 10.1. The molecule has 1 aliphatic rings. The van der Waals surface area contributed by atoms with Crippen LogP contribution >= 0.6 is 0 Å². The van der Waals surface area contributed by atoms with Crippen LogP contribution in [0.3, 0.4) is 0 Å². The van der Waals surface area contributed by atoms with E-state index in [9.17, 15) is 4.79 Å². The fourth-order valence-electron chi connectivity index (χ4n) is 2.00. The number of piperazine rings is 1. The maximum atomic E-state index is 11.3. The molecule has 0 aromatic heterocycles. The Morgan fingerprint density at radius 2 is 2.18 bits per heavy atom. The van der Waals surface area contributed by atoms with Crippen LogP contribution in [0, 0.1) is 0 Å². The molecular weight excluding hydrogens is 216 g/mol. The lowest BCUT2D eigenvalue weighted by Gasteiger charge is -2.30. The highest BCUT2D eigenvalue weighted by atomic mass is 16.5. The number of nitrogens with zero attached hydrogens (tertiary/aromatic N) is 1. The van der Waals surface area contributed by atoms with Gasteiger partial charge in [-0.1, -0.05) is 18.2 Å². The van der Waals surface area contributed by atoms with Crippen molar-refractivity contribution in [3.05, 3.63) is 30.3 Å². The number of para-hydroxylation sites is 1. The summed E-state index contributed by atoms with van der Waals surface area (Å²) in [6.45, 7) is 4.78. The van der Waals surface area contributed by atoms with E-state index in [1.807, 2.05) is 37.3 Å². The first kappa shape index (κ1) is 11.9. The lowest BCUT2D eigenvalue weighted by atomic mass is 10.2. The van der Waals surface area contributed by atoms with E-state index < -0.39 is 0 Å². The van der Waals surface area contributed by atoms with Gasteiger partial charge in [0, 0.05) is 19.1 Å². The number of hydrogen-bond donors (Lipinski definition) is 1. The fraction of sp³-hybridized carbons (Fsp3) is 0.462. The highest BCUT2D eigenvalue weighted by molar-refractivity contribution is 5.79. The van der Waals surface area contributed by atoms with Crippen molar-refractivity contribution >= 4 is 5.91 Å². The smallest absolute Gasteiger partial charge is 0.234 e. The lowest BCUT2D eigenvalue weighted by molar-refractivity contribution is -0.125. The minimum absolute atomic E-state index is 0.100. The molecule has 0 bridgehead atoms. The van der Waals surface area contributed by atoms with E-state index in [0.29, 0.717) is 13.2 Å². The molecular formula is C13H18N2O2. The van der Waals surface area contributed by atoms with Crippen LogP contribution in [-0.4, -0.2) is 43.1 Å². The summed E-state index contributed by atoms with van der Waals surface area (Å²) in [5, 5.41) is 2.90. The van der Waals surface area contributed by atoms with Crippen LogP contribution in [-0.2, 0) is 4.79 Å². The molecule has 0 spiro atoms. The molecule has 4 heteroatoms. The second-order valence-electron chi connectivity index (χ2n) is 4.37. The summed E-state index contributed by atoms with van der Waals surface area (Å²) in [6.07, 6.45) is 0. The van der Waals surface area contributed by atoms with Crippen LogP contribution in [0.25, 0.3) is 0 Å². The first-order valence-electron chi connectivity index (χ1n) is 5.93. The Bertz CT molecular complexity index is 367. The number of carbonyl (C=O) groups is 1. The molecule has 1 aromatic rings. The van der Waals surface area contributed by atoms with Gasteiger partial charge in [-0.2, -0.15) is 0 Å². The van der Waals surface area contributed by atoms with Crippen LogP contribution in [0.1, 0.15) is 6.92 Å². The molecule has 1 unspecified atom stereocenters. The standard InChI is InChI=1S/C13H18N2O2/c1-11-9-15(10-13(16)14-11)7-8-17-12-5-3-2-4-6-12/h2-6,11H,7-10H2,1H3,(H,14,16). The maximum Gasteiger partial charge on any atom is 0.234 e. The Morgan fingerprint density at radius 3 is 2.88 bits per heavy atom. The van der Waals surface area contributed by atoms with Gasteiger partial charge in [0.25, 0.3) is 0 Å². The molecule has 1 amide bonds. The Labute approximate surface area is 102 Å². The molecule has 1 atom stereocenters. The van der Waals surface area contributed by atoms with Gasteiger partial charge < -0.3 is 10.1 Å². The summed E-state index contributed by atoms with van der Waals surface area (Å²) in [6, 6.07) is 9.96. The minimum atomic E-state index is 0.100. The first-order chi connectivity index (χ1) is 8.24. The summed E-state index contributed by atoms with van der Waals surface area (Å²) >= 11 is 0. The Morgan fingerprint density at radius 1 is 1.41 bits per heavy atom. The highest BCUT2D eigenvalue weighted by Gasteiger charge is 2.20. The van der Waals surface area contributed by atoms with Gasteiger partial charge in [0.05, 0.1) is 6.54 Å². The van der Waals surface area contributed by atoms with Gasteiger partial charge in [-0.3, -0.25) is 9.69 Å². The van der Waals surface area contributed by atoms with Crippen molar-refractivity contribution in [2.45, 2.75) is 13.0 Å². The van der Waals surface area contributed by atoms with E-state index in [1.165, 1.54) is 0 Å². The largest absolute Gasteiger partial charge is 0.492 e. The van der Waals surface area contributed by atoms with Gasteiger partial charge in [0.15, 0.2) is 0 Å². The first-order valence-corrected chi connectivity index (χ1v) is 5.93. The zero-order valence-corrected chi connectivity index (χ0v) is 10.1. The topological polar surface area (TPSA) is 41.6 Å². The normalized spacial score (nSPS) is 21.0. The molecule has 1 fully saturated rings. The summed E-state index contributed by atoms with van der Waals surface area (Å²) in [7, 11) is 0. The van der Waals surface area contributed by atoms with Crippen molar-refractivity contribution in [2.24, 2.45) is 0 Å². The van der Waals surface area contributed by atoms with E-state index in [2.05, 4.69) is 10.2 Å². The molecule has 4 nitrogen and oxygen atoms in total. The average molecular weight is 234 g/mol. The number of ether oxygens (including phenoxy) is 1. The third kappa shape index (κ3) is 3.75. The predicted octanol–water partition coefficient (Wildman–Crippen LogP) is 0.886. The Kier molecular flexibility index (Phi) is 3.98. The van der Waals surface area contributed by atoms with Crippen LogP contribution in [0.5, 0.6) is 5.75 Å². The molecule has 1 aromatic carbocycles. The molecule has 1 N–H and O–H groups in total. The summed E-state index contributed by atoms with van der Waals surface area (Å²) in [4.78, 5) is 13.4. The monoisotopic (exact) mass is 234 g/mol. The van der Waals surface area contributed by atoms with Crippen LogP contribution < -0.4 is 10.1 Å². The second-order valence-corrected chi connectivity index (χ2v) is 4.37. The van der Waals surface area contributed by atoms with Crippen LogP contribution in [0.15, 0.2) is 30.3 Å². The molecule has 1 aliphatic heterocycles.